The molecule has 7 heteroatoms. The van der Waals surface area contributed by atoms with Gasteiger partial charge >= 0.3 is 0 Å². The molecule has 0 bridgehead atoms. The van der Waals surface area contributed by atoms with Gasteiger partial charge in [-0.05, 0) is 46.2 Å². The summed E-state index contributed by atoms with van der Waals surface area (Å²) in [6.45, 7) is 8.18. The van der Waals surface area contributed by atoms with Crippen LogP contribution in [0.3, 0.4) is 0 Å². The molecule has 126 valence electrons. The van der Waals surface area contributed by atoms with Crippen molar-refractivity contribution in [2.45, 2.75) is 45.2 Å². The third-order valence-electron chi connectivity index (χ3n) is 4.12. The van der Waals surface area contributed by atoms with Crippen LogP contribution < -0.4 is 16.0 Å². The second-order valence-electron chi connectivity index (χ2n) is 6.86. The van der Waals surface area contributed by atoms with Gasteiger partial charge in [-0.1, -0.05) is 0 Å². The number of nitrogens with one attached hydrogen (secondary N) is 3. The number of hydrogen-bond donors (Lipinski definition) is 3. The summed E-state index contributed by atoms with van der Waals surface area (Å²) >= 11 is 0. The Morgan fingerprint density at radius 1 is 1.38 bits per heavy atom. The van der Waals surface area contributed by atoms with Crippen molar-refractivity contribution < 1.29 is 0 Å². The zero-order chi connectivity index (χ0) is 17.2. The minimum absolute atomic E-state index is 0.0579. The maximum atomic E-state index is 9.16. The van der Waals surface area contributed by atoms with E-state index in [0.29, 0.717) is 17.5 Å². The highest BCUT2D eigenvalue weighted by molar-refractivity contribution is 5.89. The molecular weight excluding hydrogens is 302 g/mol. The maximum Gasteiger partial charge on any atom is 0.223 e. The normalized spacial score (nSPS) is 20.8. The van der Waals surface area contributed by atoms with Gasteiger partial charge in [0.15, 0.2) is 5.82 Å². The Bertz CT molecular complexity index is 772. The molecule has 0 saturated carbocycles. The van der Waals surface area contributed by atoms with Crippen LogP contribution in [0, 0.1) is 11.3 Å². The molecule has 3 heterocycles. The van der Waals surface area contributed by atoms with Crippen LogP contribution >= 0.6 is 0 Å². The monoisotopic (exact) mass is 325 g/mol. The lowest BCUT2D eigenvalue weighted by molar-refractivity contribution is 0.367. The van der Waals surface area contributed by atoms with Gasteiger partial charge in [-0.2, -0.15) is 5.26 Å². The molecule has 0 spiro atoms. The van der Waals surface area contributed by atoms with Crippen LogP contribution in [0.25, 0.3) is 10.9 Å². The Labute approximate surface area is 141 Å². The zero-order valence-electron chi connectivity index (χ0n) is 14.3. The van der Waals surface area contributed by atoms with Crippen molar-refractivity contribution in [2.75, 3.05) is 23.7 Å². The highest BCUT2D eigenvalue weighted by Crippen LogP contribution is 2.24. The first-order valence-corrected chi connectivity index (χ1v) is 8.32. The van der Waals surface area contributed by atoms with Crippen LogP contribution in [-0.2, 0) is 0 Å². The van der Waals surface area contributed by atoms with Crippen LogP contribution in [0.15, 0.2) is 12.3 Å². The average molecular weight is 325 g/mol. The summed E-state index contributed by atoms with van der Waals surface area (Å²) in [6.07, 6.45) is 3.95. The third kappa shape index (κ3) is 3.54. The van der Waals surface area contributed by atoms with Gasteiger partial charge in [-0.3, -0.25) is 0 Å². The topological polar surface area (TPSA) is 98.5 Å². The fraction of sp³-hybridized carbons (Fsp3) is 0.529. The number of nitrogens with zero attached hydrogens (tertiary/aromatic N) is 4. The Balaban J connectivity index is 1.98. The minimum Gasteiger partial charge on any atom is -0.366 e. The van der Waals surface area contributed by atoms with Gasteiger partial charge in [-0.25, -0.2) is 15.0 Å². The van der Waals surface area contributed by atoms with E-state index in [-0.39, 0.29) is 11.6 Å². The molecule has 0 radical (unpaired) electrons. The molecule has 7 nitrogen and oxygen atoms in total. The van der Waals surface area contributed by atoms with Crippen molar-refractivity contribution in [3.8, 4) is 6.07 Å². The number of fused-ring (bicyclic) bond motifs is 1. The molecular formula is C17H23N7. The minimum atomic E-state index is -0.0579. The molecule has 1 fully saturated rings. The number of nitriles is 1. The summed E-state index contributed by atoms with van der Waals surface area (Å²) in [4.78, 5) is 13.4. The molecule has 1 aliphatic heterocycles. The van der Waals surface area contributed by atoms with Gasteiger partial charge in [0, 0.05) is 29.7 Å². The Hall–Kier alpha value is -2.46. The summed E-state index contributed by atoms with van der Waals surface area (Å²) in [5.41, 5.74) is 1.03. The van der Waals surface area contributed by atoms with Gasteiger partial charge in [-0.15, -0.1) is 0 Å². The molecule has 0 amide bonds. The number of aromatic nitrogens is 3. The second kappa shape index (κ2) is 6.57. The fourth-order valence-corrected chi connectivity index (χ4v) is 2.96. The van der Waals surface area contributed by atoms with E-state index in [9.17, 15) is 0 Å². The predicted molar refractivity (Wildman–Crippen MR) is 94.9 cm³/mol. The molecule has 0 aromatic carbocycles. The van der Waals surface area contributed by atoms with Gasteiger partial charge in [0.25, 0.3) is 0 Å². The number of pyridine rings is 1. The zero-order valence-corrected chi connectivity index (χ0v) is 14.3. The summed E-state index contributed by atoms with van der Waals surface area (Å²) in [5.74, 6) is 1.21. The number of piperidine rings is 1. The Morgan fingerprint density at radius 2 is 2.21 bits per heavy atom. The molecule has 1 atom stereocenters. The second-order valence-corrected chi connectivity index (χ2v) is 6.86. The van der Waals surface area contributed by atoms with E-state index in [1.807, 2.05) is 13.8 Å². The Morgan fingerprint density at radius 3 is 2.88 bits per heavy atom. The van der Waals surface area contributed by atoms with E-state index in [4.69, 9.17) is 5.26 Å². The lowest BCUT2D eigenvalue weighted by Gasteiger charge is -2.35. The van der Waals surface area contributed by atoms with Crippen molar-refractivity contribution in [2.24, 2.45) is 0 Å². The number of rotatable bonds is 4. The maximum absolute atomic E-state index is 9.16. The molecule has 2 aromatic heterocycles. The van der Waals surface area contributed by atoms with Crippen molar-refractivity contribution in [3.63, 3.8) is 0 Å². The van der Waals surface area contributed by atoms with Gasteiger partial charge in [0.05, 0.1) is 0 Å². The number of anilines is 2. The smallest absolute Gasteiger partial charge is 0.223 e. The first-order valence-electron chi connectivity index (χ1n) is 8.32. The summed E-state index contributed by atoms with van der Waals surface area (Å²) < 4.78 is 0. The predicted octanol–water partition coefficient (Wildman–Crippen LogP) is 2.27. The molecule has 2 aromatic rings. The van der Waals surface area contributed by atoms with Crippen LogP contribution in [0.5, 0.6) is 0 Å². The SMILES string of the molecule is CC(C)Nc1nc(C#N)cc2cnc(NC3(C)CCCNC3)nc12. The molecule has 1 unspecified atom stereocenters. The van der Waals surface area contributed by atoms with E-state index >= 15 is 0 Å². The highest BCUT2D eigenvalue weighted by atomic mass is 15.2. The van der Waals surface area contributed by atoms with Gasteiger partial charge in [0.2, 0.25) is 5.95 Å². The molecule has 3 rings (SSSR count). The molecule has 24 heavy (non-hydrogen) atoms. The quantitative estimate of drug-likeness (QED) is 0.793. The molecule has 0 aliphatic carbocycles. The fourth-order valence-electron chi connectivity index (χ4n) is 2.96. The van der Waals surface area contributed by atoms with Crippen molar-refractivity contribution in [1.29, 1.82) is 5.26 Å². The molecule has 1 aliphatic rings. The van der Waals surface area contributed by atoms with Crippen LogP contribution in [0.2, 0.25) is 0 Å². The number of hydrogen-bond acceptors (Lipinski definition) is 7. The molecule has 1 saturated heterocycles. The summed E-state index contributed by atoms with van der Waals surface area (Å²) in [7, 11) is 0. The van der Waals surface area contributed by atoms with Crippen LogP contribution in [0.1, 0.15) is 39.3 Å². The summed E-state index contributed by atoms with van der Waals surface area (Å²) in [6, 6.07) is 4.00. The van der Waals surface area contributed by atoms with E-state index in [1.165, 1.54) is 0 Å². The van der Waals surface area contributed by atoms with Gasteiger partial charge < -0.3 is 16.0 Å². The lowest BCUT2D eigenvalue weighted by Crippen LogP contribution is -2.49. The van der Waals surface area contributed by atoms with Crippen molar-refractivity contribution >= 4 is 22.7 Å². The average Bonchev–Trinajstić information content (AvgIpc) is 2.55. The van der Waals surface area contributed by atoms with E-state index in [2.05, 4.69) is 43.9 Å². The Kier molecular flexibility index (Phi) is 4.49. The van der Waals surface area contributed by atoms with Crippen molar-refractivity contribution in [1.82, 2.24) is 20.3 Å². The van der Waals surface area contributed by atoms with Crippen LogP contribution in [-0.4, -0.2) is 39.6 Å². The lowest BCUT2D eigenvalue weighted by atomic mass is 9.93. The van der Waals surface area contributed by atoms with E-state index in [0.717, 1.165) is 36.8 Å². The first-order chi connectivity index (χ1) is 11.5. The van der Waals surface area contributed by atoms with E-state index in [1.54, 1.807) is 12.3 Å². The molecule has 3 N–H and O–H groups in total. The highest BCUT2D eigenvalue weighted by Gasteiger charge is 2.27. The van der Waals surface area contributed by atoms with Crippen molar-refractivity contribution in [3.05, 3.63) is 18.0 Å². The van der Waals surface area contributed by atoms with Gasteiger partial charge in [0.1, 0.15) is 17.3 Å². The third-order valence-corrected chi connectivity index (χ3v) is 4.12. The summed E-state index contributed by atoms with van der Waals surface area (Å²) in [5, 5.41) is 20.1. The standard InChI is InChI=1S/C17H23N7/c1-11(2)21-15-14-12(7-13(8-18)22-15)9-20-16(23-14)24-17(3)5-4-6-19-10-17/h7,9,11,19H,4-6,10H2,1-3H3,(H,21,22)(H,20,23,24). The van der Waals surface area contributed by atoms with E-state index < -0.39 is 0 Å². The van der Waals surface area contributed by atoms with Crippen LogP contribution in [0.4, 0.5) is 11.8 Å². The largest absolute Gasteiger partial charge is 0.366 e. The first kappa shape index (κ1) is 16.4.